The van der Waals surface area contributed by atoms with Crippen LogP contribution in [0, 0.1) is 39.5 Å². The van der Waals surface area contributed by atoms with E-state index in [1.54, 1.807) is 0 Å². The molecule has 1 nitrogen and oxygen atoms in total. The normalized spacial score (nSPS) is 19.1. The van der Waals surface area contributed by atoms with Crippen LogP contribution in [-0.2, 0) is 4.79 Å². The van der Waals surface area contributed by atoms with Gasteiger partial charge in [-0.1, -0.05) is 49.2 Å². The van der Waals surface area contributed by atoms with Crippen LogP contribution in [-0.4, -0.2) is 5.78 Å². The van der Waals surface area contributed by atoms with Gasteiger partial charge in [0.1, 0.15) is 5.78 Å². The average Bonchev–Trinajstić information content (AvgIpc) is 2.62. The van der Waals surface area contributed by atoms with Crippen LogP contribution in [0.15, 0.2) is 36.4 Å². The summed E-state index contributed by atoms with van der Waals surface area (Å²) in [5, 5.41) is 0. The first-order valence-electron chi connectivity index (χ1n) is 12.1. The van der Waals surface area contributed by atoms with Crippen LogP contribution < -0.4 is 0 Å². The predicted octanol–water partition coefficient (Wildman–Crippen LogP) is 7.74. The third kappa shape index (κ3) is 4.56. The van der Waals surface area contributed by atoms with E-state index in [2.05, 4.69) is 64.1 Å². The number of carbonyl (C=O) groups is 1. The van der Waals surface area contributed by atoms with E-state index in [0.29, 0.717) is 29.5 Å². The molecule has 0 spiro atoms. The van der Waals surface area contributed by atoms with Gasteiger partial charge in [0.25, 0.3) is 0 Å². The molecule has 0 radical (unpaired) electrons. The number of ketones is 1. The van der Waals surface area contributed by atoms with Crippen LogP contribution in [0.2, 0.25) is 0 Å². The molecule has 0 amide bonds. The molecule has 0 aliphatic heterocycles. The first-order valence-corrected chi connectivity index (χ1v) is 12.1. The van der Waals surface area contributed by atoms with Gasteiger partial charge in [-0.25, -0.2) is 0 Å². The summed E-state index contributed by atoms with van der Waals surface area (Å²) < 4.78 is 0. The molecule has 4 rings (SSSR count). The van der Waals surface area contributed by atoms with Crippen molar-refractivity contribution >= 4 is 5.78 Å². The van der Waals surface area contributed by atoms with E-state index in [4.69, 9.17) is 0 Å². The number of aryl methyl sites for hydroxylation is 4. The summed E-state index contributed by atoms with van der Waals surface area (Å²) in [5.74, 6) is 2.68. The fourth-order valence-electron chi connectivity index (χ4n) is 5.36. The lowest BCUT2D eigenvalue weighted by Gasteiger charge is -2.36. The molecule has 2 aromatic rings. The second-order valence-electron chi connectivity index (χ2n) is 10.2. The summed E-state index contributed by atoms with van der Waals surface area (Å²) in [5.41, 5.74) is 8.18. The van der Waals surface area contributed by atoms with E-state index < -0.39 is 0 Å². The second-order valence-corrected chi connectivity index (χ2v) is 10.2. The molecule has 2 fully saturated rings. The average molecular weight is 403 g/mol. The zero-order valence-corrected chi connectivity index (χ0v) is 19.3. The van der Waals surface area contributed by atoms with Gasteiger partial charge in [0, 0.05) is 12.8 Å². The molecule has 0 bridgehead atoms. The lowest BCUT2D eigenvalue weighted by Crippen LogP contribution is -2.26. The third-order valence-corrected chi connectivity index (χ3v) is 8.25. The van der Waals surface area contributed by atoms with E-state index in [-0.39, 0.29) is 0 Å². The van der Waals surface area contributed by atoms with Gasteiger partial charge in [0.2, 0.25) is 0 Å². The Morgan fingerprint density at radius 1 is 0.700 bits per heavy atom. The van der Waals surface area contributed by atoms with Crippen LogP contribution in [0.3, 0.4) is 0 Å². The van der Waals surface area contributed by atoms with E-state index >= 15 is 0 Å². The highest BCUT2D eigenvalue weighted by atomic mass is 16.1. The van der Waals surface area contributed by atoms with Crippen molar-refractivity contribution in [2.24, 2.45) is 11.8 Å². The van der Waals surface area contributed by atoms with Crippen molar-refractivity contribution in [3.05, 3.63) is 69.8 Å². The SMILES string of the molecule is Cc1ccc([C@@H](CC(=O)C[C@@H](c2ccc(C)c(C)c2)C2CCC2)C2CCC2)cc1C. The van der Waals surface area contributed by atoms with Gasteiger partial charge < -0.3 is 0 Å². The first-order chi connectivity index (χ1) is 14.4. The second kappa shape index (κ2) is 9.08. The van der Waals surface area contributed by atoms with Gasteiger partial charge in [-0.05, 0) is 110 Å². The summed E-state index contributed by atoms with van der Waals surface area (Å²) in [4.78, 5) is 13.4. The van der Waals surface area contributed by atoms with E-state index in [9.17, 15) is 4.79 Å². The van der Waals surface area contributed by atoms with Crippen molar-refractivity contribution in [1.29, 1.82) is 0 Å². The number of rotatable bonds is 8. The minimum atomic E-state index is 0.410. The van der Waals surface area contributed by atoms with Crippen molar-refractivity contribution in [1.82, 2.24) is 0 Å². The molecule has 1 heteroatoms. The molecule has 2 saturated carbocycles. The summed E-state index contributed by atoms with van der Waals surface area (Å²) in [6.45, 7) is 8.75. The molecule has 0 heterocycles. The molecule has 0 N–H and O–H groups in total. The van der Waals surface area contributed by atoms with E-state index in [1.165, 1.54) is 71.9 Å². The number of Topliss-reactive ketones (excluding diaryl/α,β-unsaturated/α-hetero) is 1. The fraction of sp³-hybridized carbons (Fsp3) is 0.552. The van der Waals surface area contributed by atoms with Crippen molar-refractivity contribution in [2.75, 3.05) is 0 Å². The number of hydrogen-bond acceptors (Lipinski definition) is 1. The summed E-state index contributed by atoms with van der Waals surface area (Å²) >= 11 is 0. The zero-order chi connectivity index (χ0) is 21.3. The minimum Gasteiger partial charge on any atom is -0.300 e. The van der Waals surface area contributed by atoms with Crippen molar-refractivity contribution in [3.63, 3.8) is 0 Å². The van der Waals surface area contributed by atoms with Crippen LogP contribution in [0.4, 0.5) is 0 Å². The molecular weight excluding hydrogens is 364 g/mol. The van der Waals surface area contributed by atoms with Gasteiger partial charge in [-0.3, -0.25) is 4.79 Å². The quantitative estimate of drug-likeness (QED) is 0.441. The van der Waals surface area contributed by atoms with Gasteiger partial charge in [0.15, 0.2) is 0 Å². The minimum absolute atomic E-state index is 0.410. The Morgan fingerprint density at radius 3 is 1.40 bits per heavy atom. The Kier molecular flexibility index (Phi) is 6.46. The van der Waals surface area contributed by atoms with Gasteiger partial charge >= 0.3 is 0 Å². The van der Waals surface area contributed by atoms with Crippen molar-refractivity contribution in [2.45, 2.75) is 90.9 Å². The van der Waals surface area contributed by atoms with Crippen LogP contribution >= 0.6 is 0 Å². The smallest absolute Gasteiger partial charge is 0.134 e. The highest BCUT2D eigenvalue weighted by Gasteiger charge is 2.34. The standard InChI is InChI=1S/C29H38O/c1-19-11-13-25(15-21(19)3)28(23-7-5-8-23)17-27(30)18-29(24-9-6-10-24)26-14-12-20(2)22(4)16-26/h11-16,23-24,28-29H,5-10,17-18H2,1-4H3/t28-,29+. The molecular formula is C29H38O. The fourth-order valence-corrected chi connectivity index (χ4v) is 5.36. The van der Waals surface area contributed by atoms with Crippen LogP contribution in [0.1, 0.15) is 96.6 Å². The highest BCUT2D eigenvalue weighted by Crippen LogP contribution is 2.45. The maximum atomic E-state index is 13.4. The summed E-state index contributed by atoms with van der Waals surface area (Å²) in [6, 6.07) is 13.7. The molecule has 0 saturated heterocycles. The van der Waals surface area contributed by atoms with Crippen LogP contribution in [0.5, 0.6) is 0 Å². The molecule has 0 aromatic heterocycles. The van der Waals surface area contributed by atoms with Gasteiger partial charge in [-0.2, -0.15) is 0 Å². The molecule has 160 valence electrons. The third-order valence-electron chi connectivity index (χ3n) is 8.25. The molecule has 2 atom stereocenters. The van der Waals surface area contributed by atoms with Gasteiger partial charge in [-0.15, -0.1) is 0 Å². The molecule has 0 unspecified atom stereocenters. The number of hydrogen-bond donors (Lipinski definition) is 0. The van der Waals surface area contributed by atoms with Crippen molar-refractivity contribution in [3.8, 4) is 0 Å². The zero-order valence-electron chi connectivity index (χ0n) is 19.3. The molecule has 30 heavy (non-hydrogen) atoms. The number of carbonyl (C=O) groups excluding carboxylic acids is 1. The van der Waals surface area contributed by atoms with E-state index in [0.717, 1.165) is 12.8 Å². The Balaban J connectivity index is 1.52. The summed E-state index contributed by atoms with van der Waals surface area (Å²) in [7, 11) is 0. The maximum Gasteiger partial charge on any atom is 0.134 e. The Hall–Kier alpha value is -1.89. The molecule has 2 aliphatic rings. The lowest BCUT2D eigenvalue weighted by atomic mass is 9.68. The molecule has 2 aliphatic carbocycles. The Morgan fingerprint density at radius 2 is 1.10 bits per heavy atom. The predicted molar refractivity (Wildman–Crippen MR) is 126 cm³/mol. The first kappa shape index (κ1) is 21.3. The van der Waals surface area contributed by atoms with Gasteiger partial charge in [0.05, 0.1) is 0 Å². The Labute approximate surface area is 183 Å². The maximum absolute atomic E-state index is 13.4. The van der Waals surface area contributed by atoms with Crippen LogP contribution in [0.25, 0.3) is 0 Å². The van der Waals surface area contributed by atoms with Crippen molar-refractivity contribution < 1.29 is 4.79 Å². The highest BCUT2D eigenvalue weighted by molar-refractivity contribution is 5.80. The Bertz CT molecular complexity index is 827. The monoisotopic (exact) mass is 402 g/mol. The lowest BCUT2D eigenvalue weighted by molar-refractivity contribution is -0.120. The summed E-state index contributed by atoms with van der Waals surface area (Å²) in [6.07, 6.45) is 9.24. The topological polar surface area (TPSA) is 17.1 Å². The van der Waals surface area contributed by atoms with E-state index in [1.807, 2.05) is 0 Å². The largest absolute Gasteiger partial charge is 0.300 e. The molecule has 2 aromatic carbocycles. The number of benzene rings is 2.